The van der Waals surface area contributed by atoms with E-state index in [0.29, 0.717) is 6.54 Å². The third-order valence-corrected chi connectivity index (χ3v) is 0.773. The number of aliphatic hydroxyl groups excluding tert-OH is 1. The van der Waals surface area contributed by atoms with Gasteiger partial charge in [-0.05, 0) is 6.08 Å². The van der Waals surface area contributed by atoms with Crippen molar-refractivity contribution in [3.05, 3.63) is 12.3 Å². The molecule has 0 saturated carbocycles. The van der Waals surface area contributed by atoms with Gasteiger partial charge in [0.1, 0.15) is 13.0 Å². The maximum Gasteiger partial charge on any atom is 0.129 e. The monoisotopic (exact) mass is 101 g/mol. The SMILES string of the molecule is OCN1CC=CO1. The zero-order valence-corrected chi connectivity index (χ0v) is 3.87. The molecule has 0 atom stereocenters. The quantitative estimate of drug-likeness (QED) is 0.492. The first-order valence-corrected chi connectivity index (χ1v) is 2.11. The lowest BCUT2D eigenvalue weighted by atomic mass is 10.6. The summed E-state index contributed by atoms with van der Waals surface area (Å²) < 4.78 is 0. The van der Waals surface area contributed by atoms with E-state index < -0.39 is 0 Å². The first-order valence-electron chi connectivity index (χ1n) is 2.11. The Kier molecular flexibility index (Phi) is 1.29. The summed E-state index contributed by atoms with van der Waals surface area (Å²) in [5.41, 5.74) is 0. The zero-order chi connectivity index (χ0) is 5.11. The molecule has 7 heavy (non-hydrogen) atoms. The van der Waals surface area contributed by atoms with Crippen LogP contribution in [-0.4, -0.2) is 23.4 Å². The van der Waals surface area contributed by atoms with Gasteiger partial charge >= 0.3 is 0 Å². The normalized spacial score (nSPS) is 20.1. The highest BCUT2D eigenvalue weighted by Gasteiger charge is 2.02. The van der Waals surface area contributed by atoms with Crippen molar-refractivity contribution < 1.29 is 9.94 Å². The molecule has 0 aliphatic carbocycles. The minimum Gasteiger partial charge on any atom is -0.412 e. The molecular weight excluding hydrogens is 94.0 g/mol. The topological polar surface area (TPSA) is 32.7 Å². The van der Waals surface area contributed by atoms with Gasteiger partial charge in [-0.25, -0.2) is 0 Å². The maximum atomic E-state index is 8.33. The van der Waals surface area contributed by atoms with E-state index in [4.69, 9.17) is 9.94 Å². The van der Waals surface area contributed by atoms with Gasteiger partial charge in [0.2, 0.25) is 0 Å². The lowest BCUT2D eigenvalue weighted by Gasteiger charge is -2.07. The lowest BCUT2D eigenvalue weighted by molar-refractivity contribution is -0.127. The molecule has 1 aliphatic heterocycles. The van der Waals surface area contributed by atoms with Crippen LogP contribution in [0.25, 0.3) is 0 Å². The van der Waals surface area contributed by atoms with Crippen molar-refractivity contribution in [3.8, 4) is 0 Å². The van der Waals surface area contributed by atoms with Crippen LogP contribution >= 0.6 is 0 Å². The van der Waals surface area contributed by atoms with Crippen LogP contribution in [0.5, 0.6) is 0 Å². The second-order valence-corrected chi connectivity index (χ2v) is 1.28. The van der Waals surface area contributed by atoms with Gasteiger partial charge < -0.3 is 9.94 Å². The average molecular weight is 101 g/mol. The molecular formula is C4H7NO2. The van der Waals surface area contributed by atoms with Crippen LogP contribution in [-0.2, 0) is 4.84 Å². The Labute approximate surface area is 41.8 Å². The van der Waals surface area contributed by atoms with Crippen LogP contribution in [0, 0.1) is 0 Å². The van der Waals surface area contributed by atoms with Crippen molar-refractivity contribution in [1.29, 1.82) is 0 Å². The van der Waals surface area contributed by atoms with E-state index >= 15 is 0 Å². The van der Waals surface area contributed by atoms with E-state index in [1.165, 1.54) is 5.06 Å². The second kappa shape index (κ2) is 1.95. The summed E-state index contributed by atoms with van der Waals surface area (Å²) in [6.07, 6.45) is 3.38. The second-order valence-electron chi connectivity index (χ2n) is 1.28. The van der Waals surface area contributed by atoms with Gasteiger partial charge in [-0.2, -0.15) is 0 Å². The van der Waals surface area contributed by atoms with Gasteiger partial charge in [-0.3, -0.25) is 0 Å². The maximum absolute atomic E-state index is 8.33. The average Bonchev–Trinajstić information content (AvgIpc) is 2.14. The van der Waals surface area contributed by atoms with Crippen molar-refractivity contribution in [3.63, 3.8) is 0 Å². The Morgan fingerprint density at radius 2 is 2.71 bits per heavy atom. The van der Waals surface area contributed by atoms with Crippen LogP contribution in [0.3, 0.4) is 0 Å². The highest BCUT2D eigenvalue weighted by atomic mass is 16.7. The van der Waals surface area contributed by atoms with Crippen molar-refractivity contribution >= 4 is 0 Å². The Hall–Kier alpha value is -0.540. The Morgan fingerprint density at radius 3 is 3.00 bits per heavy atom. The minimum absolute atomic E-state index is 0.0347. The third-order valence-electron chi connectivity index (χ3n) is 0.773. The van der Waals surface area contributed by atoms with Crippen LogP contribution < -0.4 is 0 Å². The smallest absolute Gasteiger partial charge is 0.129 e. The highest BCUT2D eigenvalue weighted by molar-refractivity contribution is 4.80. The molecule has 1 rings (SSSR count). The standard InChI is InChI=1S/C4H7NO2/c6-4-5-2-1-3-7-5/h1,3,6H,2,4H2. The first kappa shape index (κ1) is 4.61. The summed E-state index contributed by atoms with van der Waals surface area (Å²) in [4.78, 5) is 4.70. The number of nitrogens with zero attached hydrogens (tertiary/aromatic N) is 1. The van der Waals surface area contributed by atoms with E-state index in [-0.39, 0.29) is 6.73 Å². The van der Waals surface area contributed by atoms with Crippen molar-refractivity contribution in [2.45, 2.75) is 0 Å². The summed E-state index contributed by atoms with van der Waals surface area (Å²) in [7, 11) is 0. The van der Waals surface area contributed by atoms with Gasteiger partial charge in [-0.1, -0.05) is 0 Å². The zero-order valence-electron chi connectivity index (χ0n) is 3.87. The predicted octanol–water partition coefficient (Wildman–Crippen LogP) is -0.303. The molecule has 0 aromatic carbocycles. The summed E-state index contributed by atoms with van der Waals surface area (Å²) >= 11 is 0. The molecule has 40 valence electrons. The summed E-state index contributed by atoms with van der Waals surface area (Å²) in [6.45, 7) is 0.656. The first-order chi connectivity index (χ1) is 3.43. The summed E-state index contributed by atoms with van der Waals surface area (Å²) in [5.74, 6) is 0. The molecule has 0 aromatic rings. The molecule has 1 heterocycles. The molecule has 3 heteroatoms. The number of hydroxylamine groups is 2. The van der Waals surface area contributed by atoms with Gasteiger partial charge in [0.15, 0.2) is 0 Å². The lowest BCUT2D eigenvalue weighted by Crippen LogP contribution is -2.18. The Balaban J connectivity index is 2.22. The number of aliphatic hydroxyl groups is 1. The Morgan fingerprint density at radius 1 is 1.86 bits per heavy atom. The molecule has 0 saturated heterocycles. The summed E-state index contributed by atoms with van der Waals surface area (Å²) in [6, 6.07) is 0. The Bertz CT molecular complexity index is 73.8. The van der Waals surface area contributed by atoms with Crippen LogP contribution in [0.15, 0.2) is 12.3 Å². The van der Waals surface area contributed by atoms with E-state index in [2.05, 4.69) is 0 Å². The van der Waals surface area contributed by atoms with Crippen LogP contribution in [0.2, 0.25) is 0 Å². The fourth-order valence-corrected chi connectivity index (χ4v) is 0.424. The van der Waals surface area contributed by atoms with E-state index in [9.17, 15) is 0 Å². The number of rotatable bonds is 1. The van der Waals surface area contributed by atoms with Crippen molar-refractivity contribution in [2.24, 2.45) is 0 Å². The third kappa shape index (κ3) is 0.913. The highest BCUT2D eigenvalue weighted by Crippen LogP contribution is 1.96. The molecule has 0 amide bonds. The van der Waals surface area contributed by atoms with Crippen molar-refractivity contribution in [2.75, 3.05) is 13.3 Å². The fraction of sp³-hybridized carbons (Fsp3) is 0.500. The summed E-state index contributed by atoms with van der Waals surface area (Å²) in [5, 5.41) is 9.76. The van der Waals surface area contributed by atoms with Crippen LogP contribution in [0.4, 0.5) is 0 Å². The molecule has 3 nitrogen and oxygen atoms in total. The van der Waals surface area contributed by atoms with Crippen molar-refractivity contribution in [1.82, 2.24) is 5.06 Å². The molecule has 1 aliphatic rings. The predicted molar refractivity (Wildman–Crippen MR) is 24.0 cm³/mol. The molecule has 0 bridgehead atoms. The van der Waals surface area contributed by atoms with E-state index in [0.717, 1.165) is 0 Å². The van der Waals surface area contributed by atoms with E-state index in [1.807, 2.05) is 6.08 Å². The fourth-order valence-electron chi connectivity index (χ4n) is 0.424. The van der Waals surface area contributed by atoms with Crippen LogP contribution in [0.1, 0.15) is 0 Å². The number of hydrogen-bond acceptors (Lipinski definition) is 3. The molecule has 0 fully saturated rings. The molecule has 0 aromatic heterocycles. The number of hydrogen-bond donors (Lipinski definition) is 1. The largest absolute Gasteiger partial charge is 0.412 e. The minimum atomic E-state index is -0.0347. The van der Waals surface area contributed by atoms with Gasteiger partial charge in [-0.15, -0.1) is 5.06 Å². The van der Waals surface area contributed by atoms with Gasteiger partial charge in [0.25, 0.3) is 0 Å². The molecule has 0 spiro atoms. The van der Waals surface area contributed by atoms with E-state index in [1.54, 1.807) is 6.26 Å². The molecule has 0 radical (unpaired) electrons. The van der Waals surface area contributed by atoms with Gasteiger partial charge in [0, 0.05) is 0 Å². The molecule has 0 unspecified atom stereocenters. The van der Waals surface area contributed by atoms with Gasteiger partial charge in [0.05, 0.1) is 6.54 Å². The molecule has 1 N–H and O–H groups in total.